The number of nitrogens with two attached hydrogens (primary N) is 1. The smallest absolute Gasteiger partial charge is 0.386 e. The van der Waals surface area contributed by atoms with Gasteiger partial charge in [0.25, 0.3) is 0 Å². The molecule has 0 radical (unpaired) electrons. The van der Waals surface area contributed by atoms with E-state index in [4.69, 9.17) is 19.5 Å². The van der Waals surface area contributed by atoms with E-state index in [1.165, 1.54) is 12.3 Å². The minimum Gasteiger partial charge on any atom is -0.386 e. The largest absolute Gasteiger partial charge is 0.473 e. The fourth-order valence-electron chi connectivity index (χ4n) is 2.99. The first-order chi connectivity index (χ1) is 12.6. The molecule has 5 atom stereocenters. The van der Waals surface area contributed by atoms with Crippen molar-refractivity contribution in [2.24, 2.45) is 5.41 Å². The molecule has 2 heterocycles. The van der Waals surface area contributed by atoms with E-state index in [-0.39, 0.29) is 11.2 Å². The van der Waals surface area contributed by atoms with Crippen LogP contribution in [-0.2, 0) is 18.3 Å². The molecule has 160 valence electrons. The van der Waals surface area contributed by atoms with Crippen molar-refractivity contribution < 1.29 is 28.3 Å². The van der Waals surface area contributed by atoms with E-state index in [2.05, 4.69) is 4.98 Å². The number of hydrogen-bond acceptors (Lipinski definition) is 8. The molecule has 0 spiro atoms. The lowest BCUT2D eigenvalue weighted by atomic mass is 9.87. The van der Waals surface area contributed by atoms with E-state index >= 15 is 0 Å². The summed E-state index contributed by atoms with van der Waals surface area (Å²) >= 11 is 0. The van der Waals surface area contributed by atoms with Gasteiger partial charge in [0.15, 0.2) is 6.23 Å². The van der Waals surface area contributed by atoms with Crippen LogP contribution in [0.4, 0.5) is 5.82 Å². The summed E-state index contributed by atoms with van der Waals surface area (Å²) in [5, 5.41) is 10.8. The Bertz CT molecular complexity index is 799. The Hall–Kier alpha value is -1.29. The van der Waals surface area contributed by atoms with Crippen molar-refractivity contribution in [3.63, 3.8) is 0 Å². The molecule has 0 aromatic carbocycles. The lowest BCUT2D eigenvalue weighted by molar-refractivity contribution is -0.0503. The molecule has 1 aromatic heterocycles. The zero-order valence-corrected chi connectivity index (χ0v) is 17.9. The molecular weight excluding hydrogens is 389 g/mol. The van der Waals surface area contributed by atoms with Crippen molar-refractivity contribution in [1.29, 1.82) is 0 Å². The molecule has 10 nitrogen and oxygen atoms in total. The van der Waals surface area contributed by atoms with Gasteiger partial charge in [-0.25, -0.2) is 9.36 Å². The quantitative estimate of drug-likeness (QED) is 0.608. The zero-order valence-electron chi connectivity index (χ0n) is 17.0. The highest BCUT2D eigenvalue weighted by molar-refractivity contribution is 7.47. The number of hydrogen-bond donors (Lipinski definition) is 3. The van der Waals surface area contributed by atoms with Crippen molar-refractivity contribution in [2.75, 3.05) is 5.73 Å². The molecule has 1 aliphatic heterocycles. The first kappa shape index (κ1) is 23.0. The first-order valence-electron chi connectivity index (χ1n) is 8.98. The third-order valence-electron chi connectivity index (χ3n) is 3.89. The lowest BCUT2D eigenvalue weighted by Gasteiger charge is -2.29. The Morgan fingerprint density at radius 1 is 1.32 bits per heavy atom. The molecule has 0 amide bonds. The molecule has 1 saturated heterocycles. The predicted molar refractivity (Wildman–Crippen MR) is 102 cm³/mol. The maximum Gasteiger partial charge on any atom is 0.473 e. The second-order valence-corrected chi connectivity index (χ2v) is 10.4. The molecule has 1 aromatic rings. The third-order valence-corrected chi connectivity index (χ3v) is 5.18. The Labute approximate surface area is 164 Å². The van der Waals surface area contributed by atoms with Gasteiger partial charge in [-0.1, -0.05) is 20.8 Å². The summed E-state index contributed by atoms with van der Waals surface area (Å²) in [4.78, 5) is 25.9. The van der Waals surface area contributed by atoms with Gasteiger partial charge in [-0.3, -0.25) is 13.6 Å². The third kappa shape index (κ3) is 6.10. The molecule has 0 bridgehead atoms. The molecule has 11 heteroatoms. The number of anilines is 1. The van der Waals surface area contributed by atoms with Crippen LogP contribution in [0.2, 0.25) is 0 Å². The van der Waals surface area contributed by atoms with Gasteiger partial charge in [0, 0.05) is 6.20 Å². The van der Waals surface area contributed by atoms with Gasteiger partial charge >= 0.3 is 13.5 Å². The summed E-state index contributed by atoms with van der Waals surface area (Å²) < 4.78 is 29.8. The number of ether oxygens (including phenoxy) is 1. The molecular formula is C17H30N3O7P. The maximum absolute atomic E-state index is 12.4. The van der Waals surface area contributed by atoms with Crippen molar-refractivity contribution >= 4 is 13.6 Å². The minimum absolute atomic E-state index is 0.0335. The van der Waals surface area contributed by atoms with Crippen LogP contribution in [0.5, 0.6) is 0 Å². The van der Waals surface area contributed by atoms with Crippen LogP contribution in [0.3, 0.4) is 0 Å². The van der Waals surface area contributed by atoms with Crippen LogP contribution in [0, 0.1) is 5.41 Å². The highest BCUT2D eigenvalue weighted by atomic mass is 31.2. The van der Waals surface area contributed by atoms with Crippen LogP contribution in [-0.4, -0.2) is 43.5 Å². The molecule has 1 aliphatic rings. The number of aliphatic hydroxyl groups is 1. The molecule has 28 heavy (non-hydrogen) atoms. The number of aliphatic hydroxyl groups excluding tert-OH is 1. The molecule has 0 aliphatic carbocycles. The van der Waals surface area contributed by atoms with Gasteiger partial charge < -0.3 is 20.5 Å². The Balaban J connectivity index is 2.34. The lowest BCUT2D eigenvalue weighted by Crippen LogP contribution is -2.38. The maximum atomic E-state index is 12.4. The monoisotopic (exact) mass is 419 g/mol. The van der Waals surface area contributed by atoms with Gasteiger partial charge in [-0.2, -0.15) is 4.98 Å². The van der Waals surface area contributed by atoms with Gasteiger partial charge in [0.2, 0.25) is 0 Å². The Kier molecular flexibility index (Phi) is 6.45. The highest BCUT2D eigenvalue weighted by Crippen LogP contribution is 2.51. The molecule has 2 rings (SSSR count). The van der Waals surface area contributed by atoms with Crippen LogP contribution in [0.1, 0.15) is 54.2 Å². The number of nitrogen functional groups attached to an aromatic ring is 1. The molecule has 2 unspecified atom stereocenters. The van der Waals surface area contributed by atoms with Gasteiger partial charge in [0.05, 0.1) is 11.7 Å². The normalized spacial score (nSPS) is 28.3. The fraction of sp³-hybridized carbons (Fsp3) is 0.765. The standard InChI is InChI=1S/C17H30N3O7P/c1-16(2,3)9-10-13(26-28(23,24)27-17(4,5)6)12(21)14(25-10)20-8-7-11(18)19-15(20)22/h7-8,10,12-14,21H,9H2,1-6H3,(H,23,24)(H2,18,19,22)/t10-,12+,13?,14-/m1/s1. The molecule has 0 saturated carbocycles. The number of phosphoric acid groups is 1. The summed E-state index contributed by atoms with van der Waals surface area (Å²) in [5.74, 6) is 0.0335. The van der Waals surface area contributed by atoms with Crippen molar-refractivity contribution in [3.8, 4) is 0 Å². The van der Waals surface area contributed by atoms with E-state index in [0.717, 1.165) is 4.57 Å². The fourth-order valence-corrected chi connectivity index (χ4v) is 4.29. The second kappa shape index (κ2) is 7.85. The van der Waals surface area contributed by atoms with Crippen LogP contribution in [0.25, 0.3) is 0 Å². The van der Waals surface area contributed by atoms with Crippen molar-refractivity contribution in [3.05, 3.63) is 22.7 Å². The summed E-state index contributed by atoms with van der Waals surface area (Å²) in [5.41, 5.74) is 3.61. The number of phosphoric ester groups is 1. The summed E-state index contributed by atoms with van der Waals surface area (Å²) in [6.45, 7) is 10.7. The van der Waals surface area contributed by atoms with E-state index in [1.807, 2.05) is 20.8 Å². The average Bonchev–Trinajstić information content (AvgIpc) is 2.71. The van der Waals surface area contributed by atoms with E-state index in [1.54, 1.807) is 20.8 Å². The second-order valence-electron chi connectivity index (χ2n) is 9.10. The van der Waals surface area contributed by atoms with Crippen molar-refractivity contribution in [2.45, 2.75) is 78.1 Å². The van der Waals surface area contributed by atoms with Crippen LogP contribution >= 0.6 is 7.82 Å². The Morgan fingerprint density at radius 2 is 1.93 bits per heavy atom. The van der Waals surface area contributed by atoms with Crippen molar-refractivity contribution in [1.82, 2.24) is 9.55 Å². The zero-order chi connectivity index (χ0) is 21.5. The van der Waals surface area contributed by atoms with Gasteiger partial charge in [-0.15, -0.1) is 0 Å². The summed E-state index contributed by atoms with van der Waals surface area (Å²) in [6.07, 6.45) is -2.75. The van der Waals surface area contributed by atoms with Gasteiger partial charge in [-0.05, 0) is 38.7 Å². The summed E-state index contributed by atoms with van der Waals surface area (Å²) in [6, 6.07) is 1.39. The van der Waals surface area contributed by atoms with E-state index in [9.17, 15) is 19.4 Å². The number of nitrogens with zero attached hydrogens (tertiary/aromatic N) is 2. The molecule has 1 fully saturated rings. The highest BCUT2D eigenvalue weighted by Gasteiger charge is 2.50. The van der Waals surface area contributed by atoms with E-state index < -0.39 is 43.7 Å². The topological polar surface area (TPSA) is 146 Å². The van der Waals surface area contributed by atoms with Crippen LogP contribution < -0.4 is 11.4 Å². The molecule has 4 N–H and O–H groups in total. The minimum atomic E-state index is -4.50. The first-order valence-corrected chi connectivity index (χ1v) is 10.5. The van der Waals surface area contributed by atoms with E-state index in [0.29, 0.717) is 6.42 Å². The summed E-state index contributed by atoms with van der Waals surface area (Å²) in [7, 11) is -4.50. The number of rotatable bonds is 5. The van der Waals surface area contributed by atoms with Gasteiger partial charge in [0.1, 0.15) is 18.0 Å². The van der Waals surface area contributed by atoms with Crippen LogP contribution in [0.15, 0.2) is 17.1 Å². The Morgan fingerprint density at radius 3 is 2.43 bits per heavy atom. The predicted octanol–water partition coefficient (Wildman–Crippen LogP) is 1.82. The SMILES string of the molecule is CC(C)(C)C[C@H]1O[C@@H](n2ccc(N)nc2=O)[C@@H](O)C1OP(=O)(O)OC(C)(C)C. The average molecular weight is 419 g/mol. The number of aromatic nitrogens is 2.